The van der Waals surface area contributed by atoms with Gasteiger partial charge in [-0.1, -0.05) is 0 Å². The third kappa shape index (κ3) is 2.41. The Kier molecular flexibility index (Phi) is 3.69. The van der Waals surface area contributed by atoms with Crippen LogP contribution in [0.25, 0.3) is 0 Å². The molecule has 1 amide bonds. The number of ether oxygens (including phenoxy) is 1. The summed E-state index contributed by atoms with van der Waals surface area (Å²) in [4.78, 5) is 34.7. The van der Waals surface area contributed by atoms with Crippen molar-refractivity contribution in [3.63, 3.8) is 0 Å². The Hall–Kier alpha value is -2.26. The van der Waals surface area contributed by atoms with Crippen molar-refractivity contribution in [2.24, 2.45) is 0 Å². The van der Waals surface area contributed by atoms with E-state index in [1.54, 1.807) is 0 Å². The van der Waals surface area contributed by atoms with E-state index in [-0.39, 0.29) is 22.7 Å². The topological polar surface area (TPSA) is 110 Å². The monoisotopic (exact) mass is 338 g/mol. The Balaban J connectivity index is 2.00. The van der Waals surface area contributed by atoms with E-state index in [0.717, 1.165) is 10.4 Å². The van der Waals surface area contributed by atoms with Gasteiger partial charge in [0.05, 0.1) is 23.3 Å². The fraction of sp³-hybridized carbons (Fsp3) is 0.357. The molecule has 1 aromatic carbocycles. The Bertz CT molecular complexity index is 817. The lowest BCUT2D eigenvalue weighted by molar-refractivity contribution is -0.144. The number of benzene rings is 1. The molecule has 0 aromatic heterocycles. The van der Waals surface area contributed by atoms with Crippen LogP contribution in [-0.2, 0) is 24.3 Å². The number of esters is 1. The summed E-state index contributed by atoms with van der Waals surface area (Å²) in [5, 5.41) is 2.36. The lowest BCUT2D eigenvalue weighted by Crippen LogP contribution is -2.41. The van der Waals surface area contributed by atoms with Gasteiger partial charge in [0.1, 0.15) is 6.04 Å². The third-order valence-corrected chi connectivity index (χ3v) is 5.88. The molecule has 8 nitrogen and oxygen atoms in total. The highest BCUT2D eigenvalue weighted by molar-refractivity contribution is 7.89. The number of rotatable bonds is 3. The number of amides is 1. The van der Waals surface area contributed by atoms with E-state index in [1.165, 1.54) is 19.2 Å². The van der Waals surface area contributed by atoms with Gasteiger partial charge in [0, 0.05) is 6.54 Å². The van der Waals surface area contributed by atoms with Crippen LogP contribution < -0.4 is 5.32 Å². The number of fused-ring (bicyclic) bond motifs is 1. The molecule has 2 heterocycles. The molecule has 1 fully saturated rings. The number of ketones is 1. The zero-order valence-corrected chi connectivity index (χ0v) is 13.1. The molecule has 0 aliphatic carbocycles. The summed E-state index contributed by atoms with van der Waals surface area (Å²) in [5.74, 6) is -2.17. The molecule has 3 rings (SSSR count). The summed E-state index contributed by atoms with van der Waals surface area (Å²) in [6.07, 6.45) is 0.929. The molecule has 1 atom stereocenters. The lowest BCUT2D eigenvalue weighted by atomic mass is 10.1. The Morgan fingerprint density at radius 2 is 2.09 bits per heavy atom. The van der Waals surface area contributed by atoms with Crippen LogP contribution in [0.5, 0.6) is 0 Å². The molecule has 1 aromatic rings. The van der Waals surface area contributed by atoms with Gasteiger partial charge in [-0.3, -0.25) is 14.4 Å². The summed E-state index contributed by atoms with van der Waals surface area (Å²) in [6, 6.07) is 2.97. The van der Waals surface area contributed by atoms with Crippen molar-refractivity contribution in [3.8, 4) is 0 Å². The molecule has 0 spiro atoms. The minimum absolute atomic E-state index is 0.0184. The van der Waals surface area contributed by atoms with Gasteiger partial charge in [-0.2, -0.15) is 4.31 Å². The maximum absolute atomic E-state index is 12.8. The highest BCUT2D eigenvalue weighted by Crippen LogP contribution is 2.30. The Labute approximate surface area is 132 Å². The average Bonchev–Trinajstić information content (AvgIpc) is 3.13. The second-order valence-electron chi connectivity index (χ2n) is 5.29. The van der Waals surface area contributed by atoms with Gasteiger partial charge in [-0.15, -0.1) is 0 Å². The van der Waals surface area contributed by atoms with Crippen molar-refractivity contribution in [2.45, 2.75) is 23.8 Å². The molecule has 1 N–H and O–H groups in total. The number of Topliss-reactive ketones (excluding diaryl/α,β-unsaturated/α-hetero) is 1. The van der Waals surface area contributed by atoms with E-state index in [2.05, 4.69) is 10.1 Å². The number of methoxy groups -OCH3 is 1. The molecular formula is C14H14N2O6S. The SMILES string of the molecule is COC(=O)C1CCCN1S(=O)(=O)c1ccc2c(c1)C(=O)C(=O)N2. The molecule has 2 aliphatic heterocycles. The normalized spacial score (nSPS) is 21.2. The maximum Gasteiger partial charge on any atom is 0.324 e. The first-order valence-electron chi connectivity index (χ1n) is 6.95. The van der Waals surface area contributed by atoms with Crippen LogP contribution in [0.15, 0.2) is 23.1 Å². The van der Waals surface area contributed by atoms with E-state index in [4.69, 9.17) is 0 Å². The molecule has 9 heteroatoms. The fourth-order valence-corrected chi connectivity index (χ4v) is 4.49. The number of hydrogen-bond acceptors (Lipinski definition) is 6. The average molecular weight is 338 g/mol. The highest BCUT2D eigenvalue weighted by atomic mass is 32.2. The van der Waals surface area contributed by atoms with Crippen LogP contribution in [0.4, 0.5) is 5.69 Å². The second kappa shape index (κ2) is 5.43. The highest BCUT2D eigenvalue weighted by Gasteiger charge is 2.41. The second-order valence-corrected chi connectivity index (χ2v) is 7.18. The first-order valence-corrected chi connectivity index (χ1v) is 8.39. The van der Waals surface area contributed by atoms with Crippen molar-refractivity contribution in [3.05, 3.63) is 23.8 Å². The van der Waals surface area contributed by atoms with E-state index in [9.17, 15) is 22.8 Å². The molecule has 2 aliphatic rings. The first-order chi connectivity index (χ1) is 10.9. The molecule has 1 saturated heterocycles. The number of hydrogen-bond donors (Lipinski definition) is 1. The molecule has 1 unspecified atom stereocenters. The van der Waals surface area contributed by atoms with Crippen molar-refractivity contribution >= 4 is 33.4 Å². The number of carbonyl (C=O) groups excluding carboxylic acids is 3. The molecule has 0 saturated carbocycles. The first kappa shape index (κ1) is 15.6. The number of nitrogens with one attached hydrogen (secondary N) is 1. The molecule has 23 heavy (non-hydrogen) atoms. The van der Waals surface area contributed by atoms with Crippen molar-refractivity contribution in [1.82, 2.24) is 4.31 Å². The molecular weight excluding hydrogens is 324 g/mol. The third-order valence-electron chi connectivity index (χ3n) is 3.97. The standard InChI is InChI=1S/C14H14N2O6S/c1-22-14(19)11-3-2-6-16(11)23(20,21)8-4-5-10-9(7-8)12(17)13(18)15-10/h4-5,7,11H,2-3,6H2,1H3,(H,15,17,18). The molecule has 0 bridgehead atoms. The fourth-order valence-electron chi connectivity index (χ4n) is 2.82. The summed E-state index contributed by atoms with van der Waals surface area (Å²) in [5.41, 5.74) is 0.301. The van der Waals surface area contributed by atoms with Gasteiger partial charge in [-0.05, 0) is 31.0 Å². The molecule has 122 valence electrons. The maximum atomic E-state index is 12.8. The smallest absolute Gasteiger partial charge is 0.324 e. The van der Waals surface area contributed by atoms with Gasteiger partial charge in [0.2, 0.25) is 10.0 Å². The summed E-state index contributed by atoms with van der Waals surface area (Å²) < 4.78 is 31.2. The van der Waals surface area contributed by atoms with Gasteiger partial charge in [0.25, 0.3) is 11.7 Å². The Morgan fingerprint density at radius 3 is 2.78 bits per heavy atom. The molecule has 0 radical (unpaired) electrons. The van der Waals surface area contributed by atoms with Crippen LogP contribution >= 0.6 is 0 Å². The van der Waals surface area contributed by atoms with E-state index >= 15 is 0 Å². The predicted octanol–water partition coefficient (Wildman–Crippen LogP) is 0.147. The Morgan fingerprint density at radius 1 is 1.35 bits per heavy atom. The van der Waals surface area contributed by atoms with Crippen LogP contribution in [0.1, 0.15) is 23.2 Å². The number of nitrogens with zero attached hydrogens (tertiary/aromatic N) is 1. The van der Waals surface area contributed by atoms with Gasteiger partial charge < -0.3 is 10.1 Å². The van der Waals surface area contributed by atoms with Gasteiger partial charge in [0.15, 0.2) is 0 Å². The number of carbonyl (C=O) groups is 3. The quantitative estimate of drug-likeness (QED) is 0.620. The van der Waals surface area contributed by atoms with Crippen LogP contribution in [0.3, 0.4) is 0 Å². The van der Waals surface area contributed by atoms with E-state index < -0.39 is 33.7 Å². The summed E-state index contributed by atoms with van der Waals surface area (Å²) in [6.45, 7) is 0.199. The van der Waals surface area contributed by atoms with E-state index in [0.29, 0.717) is 12.8 Å². The van der Waals surface area contributed by atoms with Gasteiger partial charge in [-0.25, -0.2) is 8.42 Å². The van der Waals surface area contributed by atoms with Gasteiger partial charge >= 0.3 is 5.97 Å². The summed E-state index contributed by atoms with van der Waals surface area (Å²) >= 11 is 0. The van der Waals surface area contributed by atoms with Crippen molar-refractivity contribution < 1.29 is 27.5 Å². The van der Waals surface area contributed by atoms with Crippen LogP contribution in [0, 0.1) is 0 Å². The van der Waals surface area contributed by atoms with Crippen molar-refractivity contribution in [1.29, 1.82) is 0 Å². The summed E-state index contributed by atoms with van der Waals surface area (Å²) in [7, 11) is -2.76. The zero-order valence-electron chi connectivity index (χ0n) is 12.2. The minimum Gasteiger partial charge on any atom is -0.468 e. The number of sulfonamides is 1. The van der Waals surface area contributed by atoms with Crippen LogP contribution in [-0.4, -0.2) is 50.1 Å². The largest absolute Gasteiger partial charge is 0.468 e. The predicted molar refractivity (Wildman–Crippen MR) is 78.3 cm³/mol. The zero-order chi connectivity index (χ0) is 16.8. The number of anilines is 1. The van der Waals surface area contributed by atoms with Crippen LogP contribution in [0.2, 0.25) is 0 Å². The lowest BCUT2D eigenvalue weighted by Gasteiger charge is -2.22. The van der Waals surface area contributed by atoms with E-state index in [1.807, 2.05) is 0 Å². The van der Waals surface area contributed by atoms with Crippen molar-refractivity contribution in [2.75, 3.05) is 19.0 Å². The minimum atomic E-state index is -3.96.